The Balaban J connectivity index is 2.61. The molecule has 1 atom stereocenters. The van der Waals surface area contributed by atoms with Crippen LogP contribution in [0.4, 0.5) is 0 Å². The molecule has 0 saturated heterocycles. The normalized spacial score (nSPS) is 16.2. The first kappa shape index (κ1) is 20.1. The van der Waals surface area contributed by atoms with Gasteiger partial charge in [-0.1, -0.05) is 22.0 Å². The molecule has 9 heteroatoms. The molecule has 0 aliphatic carbocycles. The SMILES string of the molecule is CCOC(=O)C1=C(Br)C(c2ccc(OC)c(OC)c2OC)C(NOC)=N1. The number of carbonyl (C=O) groups is 1. The minimum atomic E-state index is -0.531. The third-order valence-electron chi connectivity index (χ3n) is 3.71. The number of nitrogens with zero attached hydrogens (tertiary/aromatic N) is 1. The zero-order valence-corrected chi connectivity index (χ0v) is 16.8. The molecule has 1 N–H and O–H groups in total. The number of methoxy groups -OCH3 is 3. The highest BCUT2D eigenvalue weighted by atomic mass is 79.9. The number of hydrogen-bond donors (Lipinski definition) is 1. The number of esters is 1. The van der Waals surface area contributed by atoms with Gasteiger partial charge in [0.2, 0.25) is 5.75 Å². The first-order chi connectivity index (χ1) is 12.5. The van der Waals surface area contributed by atoms with Gasteiger partial charge in [0.25, 0.3) is 0 Å². The van der Waals surface area contributed by atoms with Crippen molar-refractivity contribution in [2.24, 2.45) is 4.99 Å². The quantitative estimate of drug-likeness (QED) is 0.527. The molecule has 0 amide bonds. The summed E-state index contributed by atoms with van der Waals surface area (Å²) < 4.78 is 21.9. The van der Waals surface area contributed by atoms with E-state index in [9.17, 15) is 4.79 Å². The number of carbonyl (C=O) groups excluding carboxylic acids is 1. The summed E-state index contributed by atoms with van der Waals surface area (Å²) in [5.41, 5.74) is 3.58. The summed E-state index contributed by atoms with van der Waals surface area (Å²) in [6.45, 7) is 1.98. The van der Waals surface area contributed by atoms with Gasteiger partial charge < -0.3 is 18.9 Å². The molecule has 1 aromatic rings. The third-order valence-corrected chi connectivity index (χ3v) is 4.54. The molecule has 0 bridgehead atoms. The van der Waals surface area contributed by atoms with E-state index in [4.69, 9.17) is 23.8 Å². The predicted octanol–water partition coefficient (Wildman–Crippen LogP) is 2.53. The number of aliphatic imine (C=N–C) groups is 1. The zero-order valence-electron chi connectivity index (χ0n) is 15.2. The molecule has 142 valence electrons. The molecule has 0 spiro atoms. The summed E-state index contributed by atoms with van der Waals surface area (Å²) in [5, 5.41) is 0. The van der Waals surface area contributed by atoms with Crippen molar-refractivity contribution in [3.8, 4) is 17.2 Å². The minimum Gasteiger partial charge on any atom is -0.493 e. The van der Waals surface area contributed by atoms with Crippen LogP contribution >= 0.6 is 15.9 Å². The van der Waals surface area contributed by atoms with E-state index in [2.05, 4.69) is 26.4 Å². The van der Waals surface area contributed by atoms with Crippen LogP contribution in [0.1, 0.15) is 18.4 Å². The molecule has 0 aromatic heterocycles. The molecule has 0 radical (unpaired) electrons. The number of hydroxylamine groups is 1. The summed E-state index contributed by atoms with van der Waals surface area (Å²) in [5.74, 6) is 0.836. The topological polar surface area (TPSA) is 87.6 Å². The third kappa shape index (κ3) is 3.63. The molecule has 1 aromatic carbocycles. The second kappa shape index (κ2) is 8.91. The number of ether oxygens (including phenoxy) is 4. The molecule has 8 nitrogen and oxygen atoms in total. The molecule has 26 heavy (non-hydrogen) atoms. The lowest BCUT2D eigenvalue weighted by Crippen LogP contribution is -2.27. The summed E-state index contributed by atoms with van der Waals surface area (Å²) in [6.07, 6.45) is 0. The number of rotatable bonds is 7. The van der Waals surface area contributed by atoms with E-state index in [1.165, 1.54) is 21.3 Å². The molecule has 1 aliphatic heterocycles. The van der Waals surface area contributed by atoms with E-state index in [1.807, 2.05) is 6.07 Å². The van der Waals surface area contributed by atoms with Crippen LogP contribution in [0.2, 0.25) is 0 Å². The Kier molecular flexibility index (Phi) is 6.87. The van der Waals surface area contributed by atoms with Crippen LogP contribution in [0.25, 0.3) is 0 Å². The van der Waals surface area contributed by atoms with Crippen molar-refractivity contribution in [1.29, 1.82) is 0 Å². The Morgan fingerprint density at radius 1 is 1.15 bits per heavy atom. The van der Waals surface area contributed by atoms with E-state index in [1.54, 1.807) is 20.1 Å². The smallest absolute Gasteiger partial charge is 0.357 e. The molecule has 1 aliphatic rings. The molecule has 0 fully saturated rings. The Morgan fingerprint density at radius 3 is 2.38 bits per heavy atom. The number of nitrogens with one attached hydrogen (secondary N) is 1. The molecule has 0 saturated carbocycles. The van der Waals surface area contributed by atoms with Crippen molar-refractivity contribution < 1.29 is 28.6 Å². The van der Waals surface area contributed by atoms with Gasteiger partial charge in [-0.25, -0.2) is 9.79 Å². The van der Waals surface area contributed by atoms with Gasteiger partial charge in [-0.05, 0) is 13.0 Å². The summed E-state index contributed by atoms with van der Waals surface area (Å²) in [6, 6.07) is 3.57. The van der Waals surface area contributed by atoms with Crippen LogP contribution in [0.15, 0.2) is 27.3 Å². The summed E-state index contributed by atoms with van der Waals surface area (Å²) in [7, 11) is 6.05. The Bertz CT molecular complexity index is 747. The number of halogens is 1. The van der Waals surface area contributed by atoms with E-state index in [-0.39, 0.29) is 12.3 Å². The monoisotopic (exact) mass is 428 g/mol. The van der Waals surface area contributed by atoms with Gasteiger partial charge in [-0.2, -0.15) is 0 Å². The maximum absolute atomic E-state index is 12.2. The maximum Gasteiger partial charge on any atom is 0.357 e. The van der Waals surface area contributed by atoms with Crippen molar-refractivity contribution in [3.63, 3.8) is 0 Å². The predicted molar refractivity (Wildman–Crippen MR) is 99.0 cm³/mol. The van der Waals surface area contributed by atoms with Crippen LogP contribution in [0, 0.1) is 0 Å². The molecule has 1 heterocycles. The standard InChI is InChI=1S/C17H21BrN2O6/c1-6-26-17(21)13-12(18)11(16(19-13)20-25-5)9-7-8-10(22-2)15(24-4)14(9)23-3/h7-8,11H,6H2,1-5H3,(H,19,20). The highest BCUT2D eigenvalue weighted by Crippen LogP contribution is 2.47. The maximum atomic E-state index is 12.2. The van der Waals surface area contributed by atoms with Crippen molar-refractivity contribution >= 4 is 27.7 Å². The Morgan fingerprint density at radius 2 is 1.85 bits per heavy atom. The van der Waals surface area contributed by atoms with Crippen LogP contribution in [0.5, 0.6) is 17.2 Å². The number of amidine groups is 1. The van der Waals surface area contributed by atoms with E-state index < -0.39 is 11.9 Å². The Labute approximate surface area is 160 Å². The second-order valence-electron chi connectivity index (χ2n) is 5.08. The fraction of sp³-hybridized carbons (Fsp3) is 0.412. The van der Waals surface area contributed by atoms with Gasteiger partial charge in [0, 0.05) is 10.0 Å². The lowest BCUT2D eigenvalue weighted by Gasteiger charge is -2.21. The van der Waals surface area contributed by atoms with E-state index in [0.29, 0.717) is 33.1 Å². The van der Waals surface area contributed by atoms with Crippen LogP contribution in [0.3, 0.4) is 0 Å². The summed E-state index contributed by atoms with van der Waals surface area (Å²) >= 11 is 3.48. The second-order valence-corrected chi connectivity index (χ2v) is 5.93. The van der Waals surface area contributed by atoms with Crippen LogP contribution in [-0.2, 0) is 14.4 Å². The molecular formula is C17H21BrN2O6. The van der Waals surface area contributed by atoms with Crippen LogP contribution in [-0.4, -0.2) is 46.9 Å². The van der Waals surface area contributed by atoms with Gasteiger partial charge in [0.15, 0.2) is 17.2 Å². The van der Waals surface area contributed by atoms with Crippen LogP contribution < -0.4 is 19.7 Å². The highest BCUT2D eigenvalue weighted by molar-refractivity contribution is 9.11. The van der Waals surface area contributed by atoms with E-state index >= 15 is 0 Å². The fourth-order valence-electron chi connectivity index (χ4n) is 2.66. The van der Waals surface area contributed by atoms with E-state index in [0.717, 1.165) is 0 Å². The van der Waals surface area contributed by atoms with Crippen molar-refractivity contribution in [3.05, 3.63) is 27.9 Å². The lowest BCUT2D eigenvalue weighted by molar-refractivity contribution is -0.138. The zero-order chi connectivity index (χ0) is 19.3. The molecule has 1 unspecified atom stereocenters. The molecule has 2 rings (SSSR count). The average molecular weight is 429 g/mol. The van der Waals surface area contributed by atoms with Gasteiger partial charge in [0.1, 0.15) is 5.84 Å². The first-order valence-electron chi connectivity index (χ1n) is 7.77. The largest absolute Gasteiger partial charge is 0.493 e. The van der Waals surface area contributed by atoms with Crippen molar-refractivity contribution in [2.75, 3.05) is 35.0 Å². The van der Waals surface area contributed by atoms with Gasteiger partial charge in [-0.3, -0.25) is 10.3 Å². The summed E-state index contributed by atoms with van der Waals surface area (Å²) in [4.78, 5) is 21.5. The van der Waals surface area contributed by atoms with Gasteiger partial charge in [0.05, 0.1) is 41.0 Å². The average Bonchev–Trinajstić information content (AvgIpc) is 2.96. The minimum absolute atomic E-state index is 0.160. The number of benzene rings is 1. The van der Waals surface area contributed by atoms with Gasteiger partial charge >= 0.3 is 5.97 Å². The first-order valence-corrected chi connectivity index (χ1v) is 8.56. The van der Waals surface area contributed by atoms with Crippen molar-refractivity contribution in [2.45, 2.75) is 12.8 Å². The lowest BCUT2D eigenvalue weighted by atomic mass is 9.96. The number of hydrogen-bond acceptors (Lipinski definition) is 8. The van der Waals surface area contributed by atoms with Crippen molar-refractivity contribution in [1.82, 2.24) is 5.48 Å². The Hall–Kier alpha value is -2.26. The fourth-order valence-corrected chi connectivity index (χ4v) is 3.37. The molecular weight excluding hydrogens is 408 g/mol. The highest BCUT2D eigenvalue weighted by Gasteiger charge is 2.37. The van der Waals surface area contributed by atoms with Gasteiger partial charge in [-0.15, -0.1) is 0 Å².